The predicted octanol–water partition coefficient (Wildman–Crippen LogP) is 1.29. The first-order valence-corrected chi connectivity index (χ1v) is 6.97. The molecule has 0 saturated carbocycles. The number of ether oxygens (including phenoxy) is 1. The molecule has 0 aromatic heterocycles. The van der Waals surface area contributed by atoms with E-state index in [4.69, 9.17) is 4.74 Å². The Kier molecular flexibility index (Phi) is 10.3. The average molecular weight is 271 g/mol. The van der Waals surface area contributed by atoms with E-state index in [9.17, 15) is 0 Å². The van der Waals surface area contributed by atoms with Crippen LogP contribution in [0.1, 0.15) is 45.1 Å². The Morgan fingerprint density at radius 1 is 1.11 bits per heavy atom. The van der Waals surface area contributed by atoms with Crippen molar-refractivity contribution in [3.8, 4) is 5.75 Å². The van der Waals surface area contributed by atoms with Crippen LogP contribution in [0.25, 0.3) is 0 Å². The van der Waals surface area contributed by atoms with Gasteiger partial charge in [-0.2, -0.15) is 18.6 Å². The van der Waals surface area contributed by atoms with Crippen molar-refractivity contribution < 1.29 is 34.3 Å². The van der Waals surface area contributed by atoms with Crippen LogP contribution in [0.2, 0.25) is 0 Å². The molecular formula is C16H26NNaO. The molecule has 2 nitrogen and oxygen atoms in total. The van der Waals surface area contributed by atoms with Crippen molar-refractivity contribution in [3.63, 3.8) is 0 Å². The number of nitrogens with zero attached hydrogens (tertiary/aromatic N) is 1. The number of benzene rings is 1. The van der Waals surface area contributed by atoms with Gasteiger partial charge in [0.1, 0.15) is 0 Å². The molecule has 0 spiro atoms. The summed E-state index contributed by atoms with van der Waals surface area (Å²) in [5.41, 5.74) is 2.20. The number of anilines is 1. The fraction of sp³-hybridized carbons (Fsp3) is 0.562. The summed E-state index contributed by atoms with van der Waals surface area (Å²) in [6.07, 6.45) is 4.93. The van der Waals surface area contributed by atoms with Crippen LogP contribution in [-0.4, -0.2) is 20.2 Å². The van der Waals surface area contributed by atoms with E-state index in [1.54, 1.807) is 7.11 Å². The molecule has 102 valence electrons. The summed E-state index contributed by atoms with van der Waals surface area (Å²) in [5.74, 6) is 0.880. The Morgan fingerprint density at radius 2 is 1.68 bits per heavy atom. The third-order valence-electron chi connectivity index (χ3n) is 3.20. The van der Waals surface area contributed by atoms with E-state index in [-0.39, 0.29) is 29.6 Å². The summed E-state index contributed by atoms with van der Waals surface area (Å²) in [4.78, 5) is 2.45. The molecule has 0 unspecified atom stereocenters. The van der Waals surface area contributed by atoms with Gasteiger partial charge in [-0.05, 0) is 12.8 Å². The maximum Gasteiger partial charge on any atom is 1.00 e. The first-order valence-electron chi connectivity index (χ1n) is 6.97. The molecule has 0 amide bonds. The van der Waals surface area contributed by atoms with Gasteiger partial charge in [0.05, 0.1) is 7.11 Å². The van der Waals surface area contributed by atoms with Crippen molar-refractivity contribution in [3.05, 3.63) is 30.7 Å². The van der Waals surface area contributed by atoms with Gasteiger partial charge in [-0.1, -0.05) is 38.8 Å². The first kappa shape index (κ1) is 18.7. The average Bonchev–Trinajstić information content (AvgIpc) is 2.40. The molecule has 0 bridgehead atoms. The van der Waals surface area contributed by atoms with Crippen LogP contribution in [0, 0.1) is 6.92 Å². The van der Waals surface area contributed by atoms with E-state index in [0.717, 1.165) is 24.4 Å². The van der Waals surface area contributed by atoms with Crippen molar-refractivity contribution >= 4 is 5.69 Å². The Labute approximate surface area is 140 Å². The van der Waals surface area contributed by atoms with E-state index in [0.29, 0.717) is 0 Å². The molecule has 19 heavy (non-hydrogen) atoms. The van der Waals surface area contributed by atoms with Crippen molar-refractivity contribution in [1.29, 1.82) is 0 Å². The Hall–Kier alpha value is -0.310. The zero-order chi connectivity index (χ0) is 13.4. The van der Waals surface area contributed by atoms with E-state index in [2.05, 4.69) is 37.8 Å². The molecule has 1 aromatic rings. The summed E-state index contributed by atoms with van der Waals surface area (Å²) in [5, 5.41) is 0. The molecule has 3 heteroatoms. The minimum atomic E-state index is 0. The van der Waals surface area contributed by atoms with Gasteiger partial charge in [0.15, 0.2) is 0 Å². The normalized spacial score (nSPS) is 9.84. The van der Waals surface area contributed by atoms with Crippen LogP contribution in [0.3, 0.4) is 0 Å². The maximum atomic E-state index is 5.36. The largest absolute Gasteiger partial charge is 1.00 e. The first-order chi connectivity index (χ1) is 8.72. The predicted molar refractivity (Wildman–Crippen MR) is 79.5 cm³/mol. The molecule has 0 saturated heterocycles. The molecule has 0 N–H and O–H groups in total. The second-order valence-electron chi connectivity index (χ2n) is 4.69. The summed E-state index contributed by atoms with van der Waals surface area (Å²) < 4.78 is 5.36. The molecule has 0 heterocycles. The van der Waals surface area contributed by atoms with Crippen LogP contribution in [0.15, 0.2) is 18.2 Å². The Balaban J connectivity index is 0.00000324. The van der Waals surface area contributed by atoms with Crippen LogP contribution in [-0.2, 0) is 0 Å². The summed E-state index contributed by atoms with van der Waals surface area (Å²) in [6.45, 7) is 10.7. The van der Waals surface area contributed by atoms with Gasteiger partial charge in [0.25, 0.3) is 0 Å². The van der Waals surface area contributed by atoms with Gasteiger partial charge < -0.3 is 9.64 Å². The third kappa shape index (κ3) is 6.11. The molecule has 1 rings (SSSR count). The minimum absolute atomic E-state index is 0. The molecule has 0 fully saturated rings. The number of hydrogen-bond donors (Lipinski definition) is 0. The summed E-state index contributed by atoms with van der Waals surface area (Å²) >= 11 is 0. The second kappa shape index (κ2) is 10.5. The van der Waals surface area contributed by atoms with Gasteiger partial charge >= 0.3 is 29.6 Å². The van der Waals surface area contributed by atoms with E-state index in [1.807, 2.05) is 6.07 Å². The smallest absolute Gasteiger partial charge is 0.554 e. The van der Waals surface area contributed by atoms with Gasteiger partial charge in [-0.15, -0.1) is 0 Å². The number of rotatable bonds is 8. The van der Waals surface area contributed by atoms with Crippen molar-refractivity contribution in [2.24, 2.45) is 0 Å². The molecule has 0 aliphatic carbocycles. The number of unbranched alkanes of at least 4 members (excludes halogenated alkanes) is 2. The number of hydrogen-bond acceptors (Lipinski definition) is 2. The van der Waals surface area contributed by atoms with Gasteiger partial charge in [0, 0.05) is 24.5 Å². The molecule has 0 aliphatic heterocycles. The van der Waals surface area contributed by atoms with Crippen LogP contribution < -0.4 is 39.2 Å². The molecule has 0 radical (unpaired) electrons. The third-order valence-corrected chi connectivity index (χ3v) is 3.20. The molecule has 0 aliphatic rings. The van der Waals surface area contributed by atoms with Crippen LogP contribution in [0.5, 0.6) is 5.75 Å². The summed E-state index contributed by atoms with van der Waals surface area (Å²) in [7, 11) is 1.70. The van der Waals surface area contributed by atoms with Gasteiger partial charge in [-0.25, -0.2) is 0 Å². The standard InChI is InChI=1S/C16H26NO.Na/c1-5-7-11-17(12-8-6-2)15-10-9-14(3)16(13-15)18-4;/h9-10,13H,3,5-8,11-12H2,1-2,4H3;/q-1;+1. The van der Waals surface area contributed by atoms with Crippen LogP contribution >= 0.6 is 0 Å². The fourth-order valence-electron chi connectivity index (χ4n) is 2.00. The Bertz CT molecular complexity index is 347. The van der Waals surface area contributed by atoms with E-state index < -0.39 is 0 Å². The molecular weight excluding hydrogens is 245 g/mol. The molecule has 1 aromatic carbocycles. The zero-order valence-corrected chi connectivity index (χ0v) is 15.0. The molecule has 0 atom stereocenters. The number of methoxy groups -OCH3 is 1. The SMILES string of the molecule is [CH2-]c1ccc(N(CCCC)CCCC)cc1OC.[Na+]. The van der Waals surface area contributed by atoms with Gasteiger partial charge in [-0.3, -0.25) is 0 Å². The monoisotopic (exact) mass is 271 g/mol. The quantitative estimate of drug-likeness (QED) is 0.522. The van der Waals surface area contributed by atoms with E-state index >= 15 is 0 Å². The maximum absolute atomic E-state index is 5.36. The zero-order valence-electron chi connectivity index (χ0n) is 13.0. The topological polar surface area (TPSA) is 12.5 Å². The Morgan fingerprint density at radius 3 is 2.16 bits per heavy atom. The van der Waals surface area contributed by atoms with Gasteiger partial charge in [0.2, 0.25) is 0 Å². The van der Waals surface area contributed by atoms with Crippen LogP contribution in [0.4, 0.5) is 5.69 Å². The summed E-state index contributed by atoms with van der Waals surface area (Å²) in [6, 6.07) is 6.29. The second-order valence-corrected chi connectivity index (χ2v) is 4.69. The van der Waals surface area contributed by atoms with Crippen molar-refractivity contribution in [1.82, 2.24) is 0 Å². The van der Waals surface area contributed by atoms with Crippen molar-refractivity contribution in [2.75, 3.05) is 25.1 Å². The fourth-order valence-corrected chi connectivity index (χ4v) is 2.00. The minimum Gasteiger partial charge on any atom is -0.554 e. The van der Waals surface area contributed by atoms with E-state index in [1.165, 1.54) is 31.4 Å². The van der Waals surface area contributed by atoms with Crippen molar-refractivity contribution in [2.45, 2.75) is 39.5 Å².